The monoisotopic (exact) mass is 293 g/mol. The van der Waals surface area contributed by atoms with Crippen molar-refractivity contribution in [2.45, 2.75) is 32.0 Å². The van der Waals surface area contributed by atoms with Gasteiger partial charge in [-0.25, -0.2) is 0 Å². The molecule has 1 fully saturated rings. The molecule has 1 amide bonds. The molecule has 1 aliphatic heterocycles. The Bertz CT molecular complexity index is 477. The minimum atomic E-state index is -0.269. The topological polar surface area (TPSA) is 59.0 Å². The van der Waals surface area contributed by atoms with Crippen molar-refractivity contribution in [1.29, 1.82) is 0 Å². The smallest absolute Gasteiger partial charge is 0.223 e. The standard InChI is InChI=1S/C16H23NO4/c1-12-9-17(10-15(11-18)21-12)16(19)7-6-13-4-3-5-14(8-13)20-2/h3-5,8,12,15,18H,6-7,9-11H2,1-2H3. The van der Waals surface area contributed by atoms with Crippen LogP contribution in [0, 0.1) is 0 Å². The molecule has 0 aliphatic carbocycles. The molecular weight excluding hydrogens is 270 g/mol. The lowest BCUT2D eigenvalue weighted by molar-refractivity contribution is -0.147. The predicted octanol–water partition coefficient (Wildman–Crippen LogP) is 1.24. The Hall–Kier alpha value is -1.59. The zero-order valence-corrected chi connectivity index (χ0v) is 12.6. The zero-order valence-electron chi connectivity index (χ0n) is 12.6. The van der Waals surface area contributed by atoms with E-state index in [9.17, 15) is 9.90 Å². The van der Waals surface area contributed by atoms with Gasteiger partial charge in [0.25, 0.3) is 0 Å². The number of rotatable bonds is 5. The number of hydrogen-bond donors (Lipinski definition) is 1. The first-order valence-corrected chi connectivity index (χ1v) is 7.29. The zero-order chi connectivity index (χ0) is 15.2. The molecule has 0 spiro atoms. The van der Waals surface area contributed by atoms with Gasteiger partial charge in [-0.3, -0.25) is 4.79 Å². The van der Waals surface area contributed by atoms with Crippen molar-refractivity contribution in [2.24, 2.45) is 0 Å². The van der Waals surface area contributed by atoms with E-state index in [0.29, 0.717) is 25.9 Å². The molecule has 2 unspecified atom stereocenters. The summed E-state index contributed by atoms with van der Waals surface area (Å²) in [6, 6.07) is 7.76. The Kier molecular flexibility index (Phi) is 5.59. The molecule has 1 aromatic carbocycles. The molecular formula is C16H23NO4. The van der Waals surface area contributed by atoms with Crippen molar-refractivity contribution in [2.75, 3.05) is 26.8 Å². The normalized spacial score (nSPS) is 22.1. The highest BCUT2D eigenvalue weighted by Gasteiger charge is 2.27. The third-order valence-corrected chi connectivity index (χ3v) is 3.64. The molecule has 2 atom stereocenters. The summed E-state index contributed by atoms with van der Waals surface area (Å²) in [5.74, 6) is 0.909. The van der Waals surface area contributed by atoms with Crippen LogP contribution in [-0.4, -0.2) is 54.9 Å². The number of methoxy groups -OCH3 is 1. The van der Waals surface area contributed by atoms with Crippen LogP contribution < -0.4 is 4.74 Å². The molecule has 1 N–H and O–H groups in total. The molecule has 116 valence electrons. The van der Waals surface area contributed by atoms with E-state index in [1.165, 1.54) is 0 Å². The molecule has 1 saturated heterocycles. The molecule has 0 radical (unpaired) electrons. The maximum Gasteiger partial charge on any atom is 0.223 e. The molecule has 5 heteroatoms. The van der Waals surface area contributed by atoms with E-state index in [-0.39, 0.29) is 24.7 Å². The van der Waals surface area contributed by atoms with E-state index in [2.05, 4.69) is 0 Å². The van der Waals surface area contributed by atoms with Crippen molar-refractivity contribution in [3.63, 3.8) is 0 Å². The number of morpholine rings is 1. The molecule has 1 heterocycles. The van der Waals surface area contributed by atoms with Crippen LogP contribution >= 0.6 is 0 Å². The van der Waals surface area contributed by atoms with Crippen molar-refractivity contribution in [3.05, 3.63) is 29.8 Å². The van der Waals surface area contributed by atoms with Crippen molar-refractivity contribution in [1.82, 2.24) is 4.90 Å². The maximum atomic E-state index is 12.3. The van der Waals surface area contributed by atoms with Crippen molar-refractivity contribution >= 4 is 5.91 Å². The fourth-order valence-electron chi connectivity index (χ4n) is 2.59. The summed E-state index contributed by atoms with van der Waals surface area (Å²) in [6.45, 7) is 2.93. The molecule has 0 saturated carbocycles. The summed E-state index contributed by atoms with van der Waals surface area (Å²) in [7, 11) is 1.63. The van der Waals surface area contributed by atoms with E-state index in [4.69, 9.17) is 9.47 Å². The minimum Gasteiger partial charge on any atom is -0.497 e. The number of carbonyl (C=O) groups is 1. The molecule has 0 bridgehead atoms. The third kappa shape index (κ3) is 4.44. The summed E-state index contributed by atoms with van der Waals surface area (Å²) in [4.78, 5) is 14.1. The molecule has 1 aromatic rings. The highest BCUT2D eigenvalue weighted by molar-refractivity contribution is 5.76. The summed E-state index contributed by atoms with van der Waals surface area (Å²) in [6.07, 6.45) is 0.843. The average molecular weight is 293 g/mol. The number of nitrogens with zero attached hydrogens (tertiary/aromatic N) is 1. The quantitative estimate of drug-likeness (QED) is 0.887. The highest BCUT2D eigenvalue weighted by Crippen LogP contribution is 2.16. The lowest BCUT2D eigenvalue weighted by Gasteiger charge is -2.36. The number of carbonyl (C=O) groups excluding carboxylic acids is 1. The molecule has 21 heavy (non-hydrogen) atoms. The van der Waals surface area contributed by atoms with E-state index < -0.39 is 0 Å². The van der Waals surface area contributed by atoms with Crippen LogP contribution in [0.3, 0.4) is 0 Å². The predicted molar refractivity (Wildman–Crippen MR) is 79.3 cm³/mol. The molecule has 2 rings (SSSR count). The largest absolute Gasteiger partial charge is 0.497 e. The lowest BCUT2D eigenvalue weighted by Crippen LogP contribution is -2.50. The van der Waals surface area contributed by atoms with E-state index in [0.717, 1.165) is 11.3 Å². The van der Waals surface area contributed by atoms with Gasteiger partial charge in [-0.1, -0.05) is 12.1 Å². The van der Waals surface area contributed by atoms with E-state index >= 15 is 0 Å². The van der Waals surface area contributed by atoms with Gasteiger partial charge in [0.1, 0.15) is 5.75 Å². The van der Waals surface area contributed by atoms with Crippen LogP contribution in [0.5, 0.6) is 5.75 Å². The van der Waals surface area contributed by atoms with Crippen LogP contribution in [-0.2, 0) is 16.0 Å². The van der Waals surface area contributed by atoms with Crippen molar-refractivity contribution in [3.8, 4) is 5.75 Å². The Morgan fingerprint density at radius 3 is 3.00 bits per heavy atom. The Morgan fingerprint density at radius 1 is 1.48 bits per heavy atom. The average Bonchev–Trinajstić information content (AvgIpc) is 2.52. The molecule has 1 aliphatic rings. The van der Waals surface area contributed by atoms with Gasteiger partial charge in [-0.2, -0.15) is 0 Å². The summed E-state index contributed by atoms with van der Waals surface area (Å²) in [5, 5.41) is 9.20. The first kappa shape index (κ1) is 15.8. The second-order valence-electron chi connectivity index (χ2n) is 5.40. The van der Waals surface area contributed by atoms with Gasteiger partial charge >= 0.3 is 0 Å². The fraction of sp³-hybridized carbons (Fsp3) is 0.562. The number of benzene rings is 1. The Balaban J connectivity index is 1.88. The SMILES string of the molecule is COc1cccc(CCC(=O)N2CC(C)OC(CO)C2)c1. The van der Waals surface area contributed by atoms with E-state index in [1.807, 2.05) is 31.2 Å². The summed E-state index contributed by atoms with van der Waals surface area (Å²) < 4.78 is 10.7. The number of aryl methyl sites for hydroxylation is 1. The van der Waals surface area contributed by atoms with Gasteiger partial charge in [-0.05, 0) is 31.0 Å². The van der Waals surface area contributed by atoms with Crippen LogP contribution in [0.15, 0.2) is 24.3 Å². The van der Waals surface area contributed by atoms with Crippen LogP contribution in [0.25, 0.3) is 0 Å². The Morgan fingerprint density at radius 2 is 2.29 bits per heavy atom. The summed E-state index contributed by atoms with van der Waals surface area (Å²) in [5.41, 5.74) is 1.09. The van der Waals surface area contributed by atoms with Gasteiger partial charge in [0.2, 0.25) is 5.91 Å². The molecule has 0 aromatic heterocycles. The number of ether oxygens (including phenoxy) is 2. The van der Waals surface area contributed by atoms with Crippen molar-refractivity contribution < 1.29 is 19.4 Å². The number of aliphatic hydroxyl groups excluding tert-OH is 1. The second kappa shape index (κ2) is 7.43. The lowest BCUT2D eigenvalue weighted by atomic mass is 10.1. The number of amides is 1. The van der Waals surface area contributed by atoms with Gasteiger partial charge in [0, 0.05) is 19.5 Å². The first-order chi connectivity index (χ1) is 10.1. The third-order valence-electron chi connectivity index (χ3n) is 3.64. The van der Waals surface area contributed by atoms with Gasteiger partial charge in [-0.15, -0.1) is 0 Å². The Labute approximate surface area is 125 Å². The van der Waals surface area contributed by atoms with Crippen LogP contribution in [0.2, 0.25) is 0 Å². The van der Waals surface area contributed by atoms with Gasteiger partial charge in [0.05, 0.1) is 25.9 Å². The fourth-order valence-corrected chi connectivity index (χ4v) is 2.59. The second-order valence-corrected chi connectivity index (χ2v) is 5.40. The number of hydrogen-bond acceptors (Lipinski definition) is 4. The van der Waals surface area contributed by atoms with Gasteiger partial charge < -0.3 is 19.5 Å². The van der Waals surface area contributed by atoms with Crippen LogP contribution in [0.1, 0.15) is 18.9 Å². The molecule has 5 nitrogen and oxygen atoms in total. The van der Waals surface area contributed by atoms with Gasteiger partial charge in [0.15, 0.2) is 0 Å². The number of aliphatic hydroxyl groups is 1. The summed E-state index contributed by atoms with van der Waals surface area (Å²) >= 11 is 0. The minimum absolute atomic E-state index is 0.0309. The maximum absolute atomic E-state index is 12.3. The first-order valence-electron chi connectivity index (χ1n) is 7.29. The van der Waals surface area contributed by atoms with E-state index in [1.54, 1.807) is 12.0 Å². The van der Waals surface area contributed by atoms with Crippen LogP contribution in [0.4, 0.5) is 0 Å². The highest BCUT2D eigenvalue weighted by atomic mass is 16.5.